The molecule has 0 bridgehead atoms. The fourth-order valence-corrected chi connectivity index (χ4v) is 4.91. The van der Waals surface area contributed by atoms with E-state index < -0.39 is 10.0 Å². The summed E-state index contributed by atoms with van der Waals surface area (Å²) in [7, 11) is -2.26. The Labute approximate surface area is 159 Å². The van der Waals surface area contributed by atoms with Gasteiger partial charge >= 0.3 is 0 Å². The summed E-state index contributed by atoms with van der Waals surface area (Å²) in [5.74, 6) is 0. The number of nitrogens with zero attached hydrogens (tertiary/aromatic N) is 2. The van der Waals surface area contributed by atoms with Gasteiger partial charge in [-0.25, -0.2) is 17.7 Å². The van der Waals surface area contributed by atoms with Crippen molar-refractivity contribution in [3.8, 4) is 11.3 Å². The highest BCUT2D eigenvalue weighted by Crippen LogP contribution is 2.29. The first kappa shape index (κ1) is 17.4. The number of H-pyrrole nitrogens is 1. The van der Waals surface area contributed by atoms with Crippen molar-refractivity contribution in [3.63, 3.8) is 0 Å². The Morgan fingerprint density at radius 2 is 1.74 bits per heavy atom. The first-order valence-electron chi connectivity index (χ1n) is 8.09. The minimum atomic E-state index is -3.71. The van der Waals surface area contributed by atoms with Gasteiger partial charge in [0.15, 0.2) is 5.13 Å². The predicted octanol–water partition coefficient (Wildman–Crippen LogP) is 3.48. The summed E-state index contributed by atoms with van der Waals surface area (Å²) >= 11 is 1.17. The monoisotopic (exact) mass is 397 g/mol. The Morgan fingerprint density at radius 1 is 1.04 bits per heavy atom. The van der Waals surface area contributed by atoms with E-state index in [1.165, 1.54) is 30.5 Å². The molecule has 2 aromatic heterocycles. The van der Waals surface area contributed by atoms with E-state index in [0.717, 1.165) is 15.2 Å². The predicted molar refractivity (Wildman–Crippen MR) is 108 cm³/mol. The van der Waals surface area contributed by atoms with E-state index in [0.29, 0.717) is 16.4 Å². The number of pyridine rings is 1. The van der Waals surface area contributed by atoms with E-state index in [1.807, 2.05) is 24.3 Å². The molecule has 0 aliphatic heterocycles. The SMILES string of the molecule is CN(c1nc(-c2cc3ccccc3[nH]c2=O)cs1)S(=O)(=O)c1ccccc1. The largest absolute Gasteiger partial charge is 0.321 e. The molecule has 0 fully saturated rings. The lowest BCUT2D eigenvalue weighted by atomic mass is 10.1. The summed E-state index contributed by atoms with van der Waals surface area (Å²) in [6.07, 6.45) is 0. The summed E-state index contributed by atoms with van der Waals surface area (Å²) in [6.45, 7) is 0. The zero-order chi connectivity index (χ0) is 19.0. The van der Waals surface area contributed by atoms with E-state index in [4.69, 9.17) is 0 Å². The average molecular weight is 397 g/mol. The number of rotatable bonds is 4. The van der Waals surface area contributed by atoms with Crippen molar-refractivity contribution in [2.45, 2.75) is 4.90 Å². The summed E-state index contributed by atoms with van der Waals surface area (Å²) in [4.78, 5) is 19.8. The number of thiazole rings is 1. The molecule has 0 saturated carbocycles. The van der Waals surface area contributed by atoms with Crippen molar-refractivity contribution in [3.05, 3.63) is 76.4 Å². The van der Waals surface area contributed by atoms with Gasteiger partial charge < -0.3 is 4.98 Å². The first-order chi connectivity index (χ1) is 13.0. The number of hydrogen-bond acceptors (Lipinski definition) is 5. The van der Waals surface area contributed by atoms with Gasteiger partial charge in [-0.15, -0.1) is 11.3 Å². The average Bonchev–Trinajstić information content (AvgIpc) is 3.17. The highest BCUT2D eigenvalue weighted by molar-refractivity contribution is 7.93. The van der Waals surface area contributed by atoms with E-state index >= 15 is 0 Å². The Morgan fingerprint density at radius 3 is 2.52 bits per heavy atom. The second-order valence-corrected chi connectivity index (χ2v) is 8.71. The zero-order valence-corrected chi connectivity index (χ0v) is 15.9. The summed E-state index contributed by atoms with van der Waals surface area (Å²) < 4.78 is 26.6. The molecular formula is C19H15N3O3S2. The summed E-state index contributed by atoms with van der Waals surface area (Å²) in [5, 5.41) is 2.86. The lowest BCUT2D eigenvalue weighted by molar-refractivity contribution is 0.594. The number of para-hydroxylation sites is 1. The smallest absolute Gasteiger partial charge is 0.265 e. The topological polar surface area (TPSA) is 83.1 Å². The minimum absolute atomic E-state index is 0.188. The van der Waals surface area contributed by atoms with Crippen molar-refractivity contribution in [1.82, 2.24) is 9.97 Å². The van der Waals surface area contributed by atoms with E-state index in [2.05, 4.69) is 9.97 Å². The second-order valence-electron chi connectivity index (χ2n) is 5.90. The number of benzene rings is 2. The third kappa shape index (κ3) is 3.13. The maximum Gasteiger partial charge on any atom is 0.265 e. The molecule has 0 spiro atoms. The van der Waals surface area contributed by atoms with Gasteiger partial charge in [0.2, 0.25) is 0 Å². The minimum Gasteiger partial charge on any atom is -0.321 e. The normalized spacial score (nSPS) is 11.6. The van der Waals surface area contributed by atoms with Crippen LogP contribution in [0.4, 0.5) is 5.13 Å². The Hall–Kier alpha value is -2.97. The molecule has 0 atom stereocenters. The van der Waals surface area contributed by atoms with Crippen LogP contribution >= 0.6 is 11.3 Å². The second kappa shape index (κ2) is 6.64. The standard InChI is InChI=1S/C19H15N3O3S2/c1-22(27(24,25)14-8-3-2-4-9-14)19-21-17(12-26-19)15-11-13-7-5-6-10-16(13)20-18(15)23/h2-12H,1H3,(H,20,23). The highest BCUT2D eigenvalue weighted by atomic mass is 32.2. The van der Waals surface area contributed by atoms with Gasteiger partial charge in [-0.05, 0) is 29.7 Å². The number of aromatic amines is 1. The first-order valence-corrected chi connectivity index (χ1v) is 10.4. The third-order valence-electron chi connectivity index (χ3n) is 4.19. The zero-order valence-electron chi connectivity index (χ0n) is 14.3. The van der Waals surface area contributed by atoms with Crippen LogP contribution in [-0.2, 0) is 10.0 Å². The Kier molecular flexibility index (Phi) is 4.29. The van der Waals surface area contributed by atoms with Crippen molar-refractivity contribution in [1.29, 1.82) is 0 Å². The Bertz CT molecular complexity index is 1280. The van der Waals surface area contributed by atoms with Gasteiger partial charge in [0, 0.05) is 17.9 Å². The van der Waals surface area contributed by atoms with Gasteiger partial charge in [0.25, 0.3) is 15.6 Å². The van der Waals surface area contributed by atoms with Crippen LogP contribution in [0.25, 0.3) is 22.2 Å². The molecule has 0 saturated heterocycles. The van der Waals surface area contributed by atoms with Gasteiger partial charge in [-0.3, -0.25) is 4.79 Å². The van der Waals surface area contributed by atoms with Gasteiger partial charge in [0.1, 0.15) is 0 Å². The molecule has 0 aliphatic carbocycles. The van der Waals surface area contributed by atoms with E-state index in [1.54, 1.807) is 29.6 Å². The summed E-state index contributed by atoms with van der Waals surface area (Å²) in [6, 6.07) is 17.4. The van der Waals surface area contributed by atoms with Gasteiger partial charge in [-0.1, -0.05) is 36.4 Å². The molecule has 0 aliphatic rings. The van der Waals surface area contributed by atoms with E-state index in [9.17, 15) is 13.2 Å². The fraction of sp³-hybridized carbons (Fsp3) is 0.0526. The van der Waals surface area contributed by atoms with Crippen LogP contribution in [0.3, 0.4) is 0 Å². The molecule has 1 N–H and O–H groups in total. The van der Waals surface area contributed by atoms with Crippen LogP contribution < -0.4 is 9.86 Å². The molecular weight excluding hydrogens is 382 g/mol. The number of sulfonamides is 1. The van der Waals surface area contributed by atoms with Crippen molar-refractivity contribution in [2.24, 2.45) is 0 Å². The lowest BCUT2D eigenvalue weighted by Crippen LogP contribution is -2.26. The molecule has 4 aromatic rings. The summed E-state index contributed by atoms with van der Waals surface area (Å²) in [5.41, 5.74) is 1.32. The van der Waals surface area contributed by atoms with Crippen LogP contribution in [0, 0.1) is 0 Å². The van der Waals surface area contributed by atoms with Crippen LogP contribution in [0.1, 0.15) is 0 Å². The molecule has 136 valence electrons. The number of nitrogens with one attached hydrogen (secondary N) is 1. The number of fused-ring (bicyclic) bond motifs is 1. The maximum absolute atomic E-state index is 12.7. The van der Waals surface area contributed by atoms with Gasteiger partial charge in [-0.2, -0.15) is 0 Å². The quantitative estimate of drug-likeness (QED) is 0.571. The molecule has 27 heavy (non-hydrogen) atoms. The highest BCUT2D eigenvalue weighted by Gasteiger charge is 2.24. The molecule has 2 heterocycles. The fourth-order valence-electron chi connectivity index (χ4n) is 2.72. The van der Waals surface area contributed by atoms with Crippen LogP contribution in [0.15, 0.2) is 75.7 Å². The molecule has 0 unspecified atom stereocenters. The van der Waals surface area contributed by atoms with Crippen LogP contribution in [0.2, 0.25) is 0 Å². The number of anilines is 1. The van der Waals surface area contributed by atoms with Gasteiger partial charge in [0.05, 0.1) is 16.2 Å². The maximum atomic E-state index is 12.7. The third-order valence-corrected chi connectivity index (χ3v) is 6.99. The van der Waals surface area contributed by atoms with Crippen molar-refractivity contribution >= 4 is 37.4 Å². The van der Waals surface area contributed by atoms with E-state index in [-0.39, 0.29) is 10.5 Å². The molecule has 0 radical (unpaired) electrons. The molecule has 6 nitrogen and oxygen atoms in total. The van der Waals surface area contributed by atoms with Crippen molar-refractivity contribution in [2.75, 3.05) is 11.4 Å². The number of aromatic nitrogens is 2. The number of hydrogen-bond donors (Lipinski definition) is 1. The molecule has 0 amide bonds. The van der Waals surface area contributed by atoms with Crippen molar-refractivity contribution < 1.29 is 8.42 Å². The van der Waals surface area contributed by atoms with Crippen LogP contribution in [-0.4, -0.2) is 25.4 Å². The Balaban J connectivity index is 1.74. The molecule has 2 aromatic carbocycles. The van der Waals surface area contributed by atoms with Crippen LogP contribution in [0.5, 0.6) is 0 Å². The molecule has 4 rings (SSSR count). The molecule has 8 heteroatoms. The lowest BCUT2D eigenvalue weighted by Gasteiger charge is -2.16.